The van der Waals surface area contributed by atoms with Crippen LogP contribution in [0, 0.1) is 11.0 Å². The van der Waals surface area contributed by atoms with Gasteiger partial charge in [-0.15, -0.1) is 11.3 Å². The number of amides is 1. The smallest absolute Gasteiger partial charge is 0.252 e. The number of rotatable bonds is 5. The lowest BCUT2D eigenvalue weighted by Crippen LogP contribution is -2.30. The maximum Gasteiger partial charge on any atom is 0.252 e. The van der Waals surface area contributed by atoms with Gasteiger partial charge in [-0.05, 0) is 49.0 Å². The average Bonchev–Trinajstić information content (AvgIpc) is 3.06. The van der Waals surface area contributed by atoms with E-state index in [1.165, 1.54) is 41.4 Å². The summed E-state index contributed by atoms with van der Waals surface area (Å²) in [5, 5.41) is 16.6. The van der Waals surface area contributed by atoms with E-state index in [9.17, 15) is 14.4 Å². The molecule has 1 unspecified atom stereocenters. The van der Waals surface area contributed by atoms with Gasteiger partial charge in [0.15, 0.2) is 11.3 Å². The quantitative estimate of drug-likeness (QED) is 0.419. The topological polar surface area (TPSA) is 68.9 Å². The summed E-state index contributed by atoms with van der Waals surface area (Å²) in [6.07, 6.45) is 1.39. The fraction of sp³-hybridized carbons (Fsp3) is 0.118. The van der Waals surface area contributed by atoms with E-state index in [-0.39, 0.29) is 11.7 Å². The van der Waals surface area contributed by atoms with Gasteiger partial charge in [-0.2, -0.15) is 4.73 Å². The molecule has 0 aliphatic rings. The Morgan fingerprint density at radius 1 is 1.32 bits per heavy atom. The van der Waals surface area contributed by atoms with Gasteiger partial charge in [0.25, 0.3) is 5.03 Å². The van der Waals surface area contributed by atoms with Crippen molar-refractivity contribution in [2.45, 2.75) is 17.2 Å². The van der Waals surface area contributed by atoms with Gasteiger partial charge in [-0.1, -0.05) is 0 Å². The number of carbonyl (C=O) groups is 1. The summed E-state index contributed by atoms with van der Waals surface area (Å²) in [5.74, 6) is -0.552. The SMILES string of the molecule is CC(Sc1cccc[n+]1[O-])C(=O)Nc1nc(-c2ccc(F)cc2)cs1. The standard InChI is InChI=1S/C17H14FN3O2S2/c1-11(25-15-4-2-3-9-21(15)23)16(22)20-17-19-14(10-24-17)12-5-7-13(18)8-6-12/h2-11H,1H3,(H,19,20,22). The Hall–Kier alpha value is -2.45. The molecule has 0 aliphatic heterocycles. The number of aromatic nitrogens is 2. The molecule has 1 aromatic carbocycles. The molecule has 1 atom stereocenters. The lowest BCUT2D eigenvalue weighted by molar-refractivity contribution is -0.645. The summed E-state index contributed by atoms with van der Waals surface area (Å²) >= 11 is 2.47. The van der Waals surface area contributed by atoms with E-state index in [0.29, 0.717) is 15.9 Å². The van der Waals surface area contributed by atoms with Crippen molar-refractivity contribution in [3.8, 4) is 11.3 Å². The Morgan fingerprint density at radius 3 is 2.80 bits per heavy atom. The Balaban J connectivity index is 1.65. The molecule has 5 nitrogen and oxygen atoms in total. The average molecular weight is 375 g/mol. The monoisotopic (exact) mass is 375 g/mol. The molecule has 25 heavy (non-hydrogen) atoms. The Kier molecular flexibility index (Phi) is 5.30. The highest BCUT2D eigenvalue weighted by Gasteiger charge is 2.19. The Labute approximate surface area is 152 Å². The molecular formula is C17H14FN3O2S2. The first kappa shape index (κ1) is 17.4. The zero-order valence-corrected chi connectivity index (χ0v) is 14.8. The van der Waals surface area contributed by atoms with E-state index in [1.54, 1.807) is 42.6 Å². The molecule has 8 heteroatoms. The number of hydrogen-bond acceptors (Lipinski definition) is 5. The van der Waals surface area contributed by atoms with Crippen molar-refractivity contribution in [2.24, 2.45) is 0 Å². The highest BCUT2D eigenvalue weighted by molar-refractivity contribution is 8.00. The largest absolute Gasteiger partial charge is 0.618 e. The zero-order valence-electron chi connectivity index (χ0n) is 13.2. The van der Waals surface area contributed by atoms with Crippen molar-refractivity contribution in [1.82, 2.24) is 4.98 Å². The van der Waals surface area contributed by atoms with E-state index in [0.717, 1.165) is 10.3 Å². The van der Waals surface area contributed by atoms with Gasteiger partial charge < -0.3 is 10.5 Å². The summed E-state index contributed by atoms with van der Waals surface area (Å²) in [6, 6.07) is 11.0. The van der Waals surface area contributed by atoms with E-state index in [2.05, 4.69) is 10.3 Å². The number of nitrogens with one attached hydrogen (secondary N) is 1. The molecule has 0 saturated heterocycles. The molecule has 0 saturated carbocycles. The van der Waals surface area contributed by atoms with E-state index in [1.807, 2.05) is 0 Å². The van der Waals surface area contributed by atoms with Crippen LogP contribution in [-0.4, -0.2) is 16.1 Å². The van der Waals surface area contributed by atoms with Crippen molar-refractivity contribution in [3.63, 3.8) is 0 Å². The first-order valence-corrected chi connectivity index (χ1v) is 9.16. The molecule has 0 bridgehead atoms. The van der Waals surface area contributed by atoms with Crippen LogP contribution in [0.15, 0.2) is 59.1 Å². The summed E-state index contributed by atoms with van der Waals surface area (Å²) in [4.78, 5) is 16.6. The molecule has 0 spiro atoms. The third-order valence-corrected chi connectivity index (χ3v) is 5.21. The van der Waals surface area contributed by atoms with Crippen LogP contribution in [0.2, 0.25) is 0 Å². The van der Waals surface area contributed by atoms with Crippen LogP contribution >= 0.6 is 23.1 Å². The summed E-state index contributed by atoms with van der Waals surface area (Å²) < 4.78 is 13.7. The van der Waals surface area contributed by atoms with Crippen LogP contribution in [0.3, 0.4) is 0 Å². The molecule has 0 radical (unpaired) electrons. The molecule has 0 fully saturated rings. The highest BCUT2D eigenvalue weighted by Crippen LogP contribution is 2.26. The predicted octanol–water partition coefficient (Wildman–Crippen LogP) is 3.70. The van der Waals surface area contributed by atoms with Crippen LogP contribution in [-0.2, 0) is 4.79 Å². The third kappa shape index (κ3) is 4.34. The molecule has 128 valence electrons. The fourth-order valence-corrected chi connectivity index (χ4v) is 3.60. The molecule has 3 rings (SSSR count). The molecular weight excluding hydrogens is 361 g/mol. The van der Waals surface area contributed by atoms with Gasteiger partial charge in [0, 0.05) is 23.1 Å². The lowest BCUT2D eigenvalue weighted by atomic mass is 10.2. The highest BCUT2D eigenvalue weighted by atomic mass is 32.2. The van der Waals surface area contributed by atoms with E-state index in [4.69, 9.17) is 0 Å². The molecule has 0 aliphatic carbocycles. The van der Waals surface area contributed by atoms with Crippen molar-refractivity contribution < 1.29 is 13.9 Å². The van der Waals surface area contributed by atoms with Crippen molar-refractivity contribution in [3.05, 3.63) is 65.1 Å². The minimum absolute atomic E-state index is 0.242. The number of benzene rings is 1. The zero-order chi connectivity index (χ0) is 17.8. The Morgan fingerprint density at radius 2 is 2.08 bits per heavy atom. The second-order valence-electron chi connectivity index (χ2n) is 5.16. The molecule has 3 aromatic rings. The van der Waals surface area contributed by atoms with Gasteiger partial charge >= 0.3 is 0 Å². The van der Waals surface area contributed by atoms with Crippen LogP contribution in [0.1, 0.15) is 6.92 Å². The maximum atomic E-state index is 13.0. The second-order valence-corrected chi connectivity index (χ2v) is 7.38. The Bertz CT molecular complexity index is 884. The number of pyridine rings is 1. The van der Waals surface area contributed by atoms with Gasteiger partial charge in [0.05, 0.1) is 10.9 Å². The second kappa shape index (κ2) is 7.62. The van der Waals surface area contributed by atoms with Crippen LogP contribution in [0.5, 0.6) is 0 Å². The van der Waals surface area contributed by atoms with E-state index < -0.39 is 5.25 Å². The predicted molar refractivity (Wildman–Crippen MR) is 96.9 cm³/mol. The van der Waals surface area contributed by atoms with E-state index >= 15 is 0 Å². The van der Waals surface area contributed by atoms with Crippen molar-refractivity contribution >= 4 is 34.1 Å². The summed E-state index contributed by atoms with van der Waals surface area (Å²) in [5.41, 5.74) is 1.44. The first-order valence-electron chi connectivity index (χ1n) is 7.40. The van der Waals surface area contributed by atoms with Crippen LogP contribution in [0.4, 0.5) is 9.52 Å². The van der Waals surface area contributed by atoms with Gasteiger partial charge in [-0.25, -0.2) is 9.37 Å². The number of carbonyl (C=O) groups excluding carboxylic acids is 1. The first-order chi connectivity index (χ1) is 12.0. The number of hydrogen-bond donors (Lipinski definition) is 1. The minimum Gasteiger partial charge on any atom is -0.618 e. The van der Waals surface area contributed by atoms with Gasteiger partial charge in [0.1, 0.15) is 5.82 Å². The number of thioether (sulfide) groups is 1. The lowest BCUT2D eigenvalue weighted by Gasteiger charge is -2.09. The molecule has 1 amide bonds. The van der Waals surface area contributed by atoms with Crippen LogP contribution < -0.4 is 10.0 Å². The number of halogens is 1. The fourth-order valence-electron chi connectivity index (χ4n) is 2.03. The van der Waals surface area contributed by atoms with Crippen molar-refractivity contribution in [1.29, 1.82) is 0 Å². The molecule has 1 N–H and O–H groups in total. The molecule has 2 heterocycles. The summed E-state index contributed by atoms with van der Waals surface area (Å²) in [7, 11) is 0. The summed E-state index contributed by atoms with van der Waals surface area (Å²) in [6.45, 7) is 1.72. The van der Waals surface area contributed by atoms with Crippen molar-refractivity contribution in [2.75, 3.05) is 5.32 Å². The van der Waals surface area contributed by atoms with Crippen LogP contribution in [0.25, 0.3) is 11.3 Å². The normalized spacial score (nSPS) is 11.9. The number of thiazole rings is 1. The number of nitrogens with zero attached hydrogens (tertiary/aromatic N) is 2. The van der Waals surface area contributed by atoms with Gasteiger partial charge in [-0.3, -0.25) is 4.79 Å². The van der Waals surface area contributed by atoms with Gasteiger partial charge in [0.2, 0.25) is 5.91 Å². The number of anilines is 1. The molecule has 2 aromatic heterocycles. The minimum atomic E-state index is -0.458. The third-order valence-electron chi connectivity index (χ3n) is 3.33. The maximum absolute atomic E-state index is 13.0.